The monoisotopic (exact) mass is 693 g/mol. The van der Waals surface area contributed by atoms with E-state index < -0.39 is 20.0 Å². The Hall–Kier alpha value is -5.43. The molecule has 0 fully saturated rings. The molecule has 49 heavy (non-hydrogen) atoms. The molecule has 0 atom stereocenters. The van der Waals surface area contributed by atoms with E-state index in [1.54, 1.807) is 91.0 Å². The zero-order chi connectivity index (χ0) is 34.6. The van der Waals surface area contributed by atoms with Crippen molar-refractivity contribution >= 4 is 60.0 Å². The highest BCUT2D eigenvalue weighted by Gasteiger charge is 2.30. The molecular formula is C37H35N5O5S2. The van der Waals surface area contributed by atoms with Crippen LogP contribution < -0.4 is 19.7 Å². The number of amides is 1. The first-order valence-electron chi connectivity index (χ1n) is 15.5. The van der Waals surface area contributed by atoms with Gasteiger partial charge in [-0.05, 0) is 86.4 Å². The van der Waals surface area contributed by atoms with Crippen LogP contribution in [0, 0.1) is 0 Å². The number of hydrogen-bond donors (Lipinski definition) is 3. The molecule has 0 radical (unpaired) electrons. The molecule has 0 aromatic heterocycles. The standard InChI is InChI=1S/C37H35N5O5S2/c1-41(2)24-25-42(49(46,47)32-16-10-5-11-17-32)30-21-18-28(19-22-30)38-36(27-12-6-3-7-13-27)35-33-26-29(20-23-34(33)39-37(35)43)40-48(44,45)31-14-8-4-9-15-31/h3-23,26,38,40H,24-25H2,1-2H3,(H,39,43). The minimum absolute atomic E-state index is 0.118. The summed E-state index contributed by atoms with van der Waals surface area (Å²) in [5.74, 6) is -0.357. The Morgan fingerprint density at radius 1 is 0.673 bits per heavy atom. The average Bonchev–Trinajstić information content (AvgIpc) is 3.43. The van der Waals surface area contributed by atoms with Gasteiger partial charge >= 0.3 is 0 Å². The highest BCUT2D eigenvalue weighted by Crippen LogP contribution is 2.39. The van der Waals surface area contributed by atoms with E-state index >= 15 is 0 Å². The molecule has 250 valence electrons. The van der Waals surface area contributed by atoms with E-state index in [-0.39, 0.29) is 22.2 Å². The molecule has 0 bridgehead atoms. The molecule has 1 amide bonds. The quantitative estimate of drug-likeness (QED) is 0.133. The molecular weight excluding hydrogens is 659 g/mol. The predicted octanol–water partition coefficient (Wildman–Crippen LogP) is 6.18. The lowest BCUT2D eigenvalue weighted by molar-refractivity contribution is -0.110. The minimum atomic E-state index is -3.87. The molecule has 0 spiro atoms. The molecule has 10 nitrogen and oxygen atoms in total. The second kappa shape index (κ2) is 14.0. The first-order chi connectivity index (χ1) is 23.5. The number of carbonyl (C=O) groups is 1. The van der Waals surface area contributed by atoms with Crippen LogP contribution >= 0.6 is 0 Å². The van der Waals surface area contributed by atoms with Crippen molar-refractivity contribution in [3.05, 3.63) is 145 Å². The first-order valence-corrected chi connectivity index (χ1v) is 18.4. The number of benzene rings is 5. The number of rotatable bonds is 12. The van der Waals surface area contributed by atoms with Crippen LogP contribution in [0.5, 0.6) is 0 Å². The van der Waals surface area contributed by atoms with Gasteiger partial charge in [-0.2, -0.15) is 0 Å². The Balaban J connectivity index is 1.37. The molecule has 0 aliphatic carbocycles. The Bertz CT molecular complexity index is 2210. The molecule has 1 aliphatic rings. The number of hydrogen-bond acceptors (Lipinski definition) is 7. The van der Waals surface area contributed by atoms with E-state index in [1.165, 1.54) is 16.4 Å². The topological polar surface area (TPSA) is 128 Å². The Kier molecular flexibility index (Phi) is 9.54. The number of sulfonamides is 2. The molecule has 1 heterocycles. The maximum Gasteiger partial charge on any atom is 0.264 e. The van der Waals surface area contributed by atoms with Crippen molar-refractivity contribution in [1.82, 2.24) is 4.90 Å². The fraction of sp³-hybridized carbons (Fsp3) is 0.108. The summed E-state index contributed by atoms with van der Waals surface area (Å²) in [6, 6.07) is 37.6. The molecule has 0 unspecified atom stereocenters. The lowest BCUT2D eigenvalue weighted by Crippen LogP contribution is -2.36. The second-order valence-electron chi connectivity index (χ2n) is 11.6. The van der Waals surface area contributed by atoms with Gasteiger partial charge < -0.3 is 15.5 Å². The van der Waals surface area contributed by atoms with E-state index in [2.05, 4.69) is 15.4 Å². The lowest BCUT2D eigenvalue weighted by Gasteiger charge is -2.26. The summed E-state index contributed by atoms with van der Waals surface area (Å²) in [4.78, 5) is 15.8. The van der Waals surface area contributed by atoms with Gasteiger partial charge in [-0.25, -0.2) is 16.8 Å². The van der Waals surface area contributed by atoms with Crippen LogP contribution in [0.4, 0.5) is 22.7 Å². The van der Waals surface area contributed by atoms with E-state index in [0.717, 1.165) is 5.56 Å². The van der Waals surface area contributed by atoms with Crippen LogP contribution in [-0.2, 0) is 24.8 Å². The summed E-state index contributed by atoms with van der Waals surface area (Å²) in [6.07, 6.45) is 0. The SMILES string of the molecule is CN(C)CCN(c1ccc(NC(=C2C(=O)Nc3ccc(NS(=O)(=O)c4ccccc4)cc32)c2ccccc2)cc1)S(=O)(=O)c1ccccc1. The molecule has 12 heteroatoms. The number of carbonyl (C=O) groups excluding carboxylic acids is 1. The summed E-state index contributed by atoms with van der Waals surface area (Å²) >= 11 is 0. The highest BCUT2D eigenvalue weighted by atomic mass is 32.2. The van der Waals surface area contributed by atoms with Crippen molar-refractivity contribution in [2.24, 2.45) is 0 Å². The summed E-state index contributed by atoms with van der Waals surface area (Å²) in [5.41, 5.74) is 4.00. The fourth-order valence-corrected chi connectivity index (χ4v) is 7.98. The maximum atomic E-state index is 13.7. The van der Waals surface area contributed by atoms with E-state index in [0.29, 0.717) is 46.1 Å². The molecule has 0 saturated heterocycles. The second-order valence-corrected chi connectivity index (χ2v) is 15.2. The summed E-state index contributed by atoms with van der Waals surface area (Å²) in [6.45, 7) is 0.748. The Morgan fingerprint density at radius 3 is 1.86 bits per heavy atom. The summed E-state index contributed by atoms with van der Waals surface area (Å²) in [7, 11) is -3.94. The van der Waals surface area contributed by atoms with Gasteiger partial charge in [-0.1, -0.05) is 66.7 Å². The van der Waals surface area contributed by atoms with Crippen molar-refractivity contribution in [2.75, 3.05) is 46.8 Å². The smallest absolute Gasteiger partial charge is 0.264 e. The number of likely N-dealkylation sites (N-methyl/N-ethyl adjacent to an activating group) is 1. The van der Waals surface area contributed by atoms with Gasteiger partial charge in [0.1, 0.15) is 0 Å². The Morgan fingerprint density at radius 2 is 1.24 bits per heavy atom. The van der Waals surface area contributed by atoms with Crippen LogP contribution in [0.2, 0.25) is 0 Å². The van der Waals surface area contributed by atoms with Crippen molar-refractivity contribution in [1.29, 1.82) is 0 Å². The van der Waals surface area contributed by atoms with E-state index in [9.17, 15) is 21.6 Å². The molecule has 0 saturated carbocycles. The van der Waals surface area contributed by atoms with Crippen molar-refractivity contribution in [2.45, 2.75) is 9.79 Å². The third-order valence-electron chi connectivity index (χ3n) is 7.89. The van der Waals surface area contributed by atoms with Gasteiger partial charge in [-0.15, -0.1) is 0 Å². The van der Waals surface area contributed by atoms with Crippen molar-refractivity contribution in [3.63, 3.8) is 0 Å². The third-order valence-corrected chi connectivity index (χ3v) is 11.1. The summed E-state index contributed by atoms with van der Waals surface area (Å²) in [5, 5.41) is 6.29. The van der Waals surface area contributed by atoms with Gasteiger partial charge in [0, 0.05) is 35.7 Å². The lowest BCUT2D eigenvalue weighted by atomic mass is 9.99. The molecule has 5 aromatic rings. The number of nitrogens with one attached hydrogen (secondary N) is 3. The highest BCUT2D eigenvalue weighted by molar-refractivity contribution is 7.93. The van der Waals surface area contributed by atoms with Gasteiger partial charge in [0.25, 0.3) is 26.0 Å². The van der Waals surface area contributed by atoms with Crippen LogP contribution in [0.15, 0.2) is 143 Å². The zero-order valence-electron chi connectivity index (χ0n) is 26.9. The number of fused-ring (bicyclic) bond motifs is 1. The largest absolute Gasteiger partial charge is 0.354 e. The third kappa shape index (κ3) is 7.36. The molecule has 1 aliphatic heterocycles. The molecule has 6 rings (SSSR count). The van der Waals surface area contributed by atoms with E-state index in [4.69, 9.17) is 0 Å². The van der Waals surface area contributed by atoms with E-state index in [1.807, 2.05) is 49.3 Å². The van der Waals surface area contributed by atoms with Crippen LogP contribution in [0.3, 0.4) is 0 Å². The fourth-order valence-electron chi connectivity index (χ4n) is 5.43. The van der Waals surface area contributed by atoms with Crippen LogP contribution in [0.1, 0.15) is 11.1 Å². The maximum absolute atomic E-state index is 13.7. The Labute approximate surface area is 286 Å². The van der Waals surface area contributed by atoms with Crippen molar-refractivity contribution < 1.29 is 21.6 Å². The number of anilines is 4. The van der Waals surface area contributed by atoms with Gasteiger partial charge in [-0.3, -0.25) is 13.8 Å². The van der Waals surface area contributed by atoms with Gasteiger partial charge in [0.15, 0.2) is 0 Å². The number of nitrogens with zero attached hydrogens (tertiary/aromatic N) is 2. The van der Waals surface area contributed by atoms with Gasteiger partial charge in [0.2, 0.25) is 0 Å². The average molecular weight is 694 g/mol. The molecule has 3 N–H and O–H groups in total. The summed E-state index contributed by atoms with van der Waals surface area (Å²) < 4.78 is 57.6. The predicted molar refractivity (Wildman–Crippen MR) is 195 cm³/mol. The first kappa shape index (κ1) is 33.5. The van der Waals surface area contributed by atoms with Crippen molar-refractivity contribution in [3.8, 4) is 0 Å². The minimum Gasteiger partial charge on any atom is -0.354 e. The van der Waals surface area contributed by atoms with Crippen LogP contribution in [0.25, 0.3) is 11.3 Å². The zero-order valence-corrected chi connectivity index (χ0v) is 28.5. The molecule has 5 aromatic carbocycles. The van der Waals surface area contributed by atoms with Gasteiger partial charge in [0.05, 0.1) is 26.7 Å². The normalized spacial score (nSPS) is 13.8. The van der Waals surface area contributed by atoms with Crippen LogP contribution in [-0.4, -0.2) is 54.8 Å².